The third-order valence-corrected chi connectivity index (χ3v) is 7.77. The van der Waals surface area contributed by atoms with Gasteiger partial charge >= 0.3 is 5.97 Å². The molecule has 8 nitrogen and oxygen atoms in total. The lowest BCUT2D eigenvalue weighted by atomic mass is 9.85. The van der Waals surface area contributed by atoms with Gasteiger partial charge in [0.05, 0.1) is 33.0 Å². The molecule has 0 N–H and O–H groups in total. The molecule has 41 heavy (non-hydrogen) atoms. The highest BCUT2D eigenvalue weighted by molar-refractivity contribution is 6.36. The van der Waals surface area contributed by atoms with Gasteiger partial charge < -0.3 is 4.74 Å². The second kappa shape index (κ2) is 11.9. The number of esters is 1. The van der Waals surface area contributed by atoms with E-state index in [1.807, 2.05) is 12.2 Å². The average Bonchev–Trinajstić information content (AvgIpc) is 3.21. The number of Topliss-reactive ketones (excluding diaryl/α,β-unsaturated/α-hetero) is 1. The lowest BCUT2D eigenvalue weighted by Crippen LogP contribution is -2.52. The van der Waals surface area contributed by atoms with Gasteiger partial charge in [0.2, 0.25) is 0 Å². The molecule has 1 heterocycles. The number of hydrogen-bond acceptors (Lipinski definition) is 6. The van der Waals surface area contributed by atoms with Crippen molar-refractivity contribution in [3.63, 3.8) is 0 Å². The fourth-order valence-electron chi connectivity index (χ4n) is 4.78. The van der Waals surface area contributed by atoms with Crippen LogP contribution in [0.2, 0.25) is 15.1 Å². The number of ketones is 1. The third-order valence-electron chi connectivity index (χ3n) is 6.90. The van der Waals surface area contributed by atoms with Crippen LogP contribution in [0.1, 0.15) is 43.9 Å². The minimum Gasteiger partial charge on any atom is -0.423 e. The molecule has 0 saturated carbocycles. The first-order chi connectivity index (χ1) is 19.7. The largest absolute Gasteiger partial charge is 0.423 e. The lowest BCUT2D eigenvalue weighted by Gasteiger charge is -2.30. The smallest absolute Gasteiger partial charge is 0.345 e. The maximum Gasteiger partial charge on any atom is 0.345 e. The number of hydrazine groups is 1. The first-order valence-corrected chi connectivity index (χ1v) is 13.7. The fourth-order valence-corrected chi connectivity index (χ4v) is 5.48. The van der Waals surface area contributed by atoms with Crippen LogP contribution in [0.4, 0.5) is 0 Å². The number of fused-ring (bicyclic) bond motifs is 1. The second-order valence-corrected chi connectivity index (χ2v) is 10.7. The molecule has 3 aromatic carbocycles. The summed E-state index contributed by atoms with van der Waals surface area (Å²) in [6.45, 7) is -0.603. The van der Waals surface area contributed by atoms with Gasteiger partial charge in [0, 0.05) is 10.6 Å². The quantitative estimate of drug-likeness (QED) is 0.106. The molecule has 208 valence electrons. The predicted octanol–water partition coefficient (Wildman–Crippen LogP) is 6.06. The van der Waals surface area contributed by atoms with Crippen LogP contribution in [-0.2, 0) is 9.59 Å². The monoisotopic (exact) mass is 610 g/mol. The van der Waals surface area contributed by atoms with Gasteiger partial charge in [-0.25, -0.2) is 9.80 Å². The van der Waals surface area contributed by atoms with Crippen LogP contribution >= 0.6 is 34.8 Å². The summed E-state index contributed by atoms with van der Waals surface area (Å²) < 4.78 is 5.35. The highest BCUT2D eigenvalue weighted by atomic mass is 35.5. The Morgan fingerprint density at radius 3 is 2.05 bits per heavy atom. The lowest BCUT2D eigenvalue weighted by molar-refractivity contribution is -0.154. The van der Waals surface area contributed by atoms with Crippen molar-refractivity contribution in [1.29, 1.82) is 0 Å². The number of imide groups is 1. The average molecular weight is 612 g/mol. The zero-order chi connectivity index (χ0) is 29.3. The first kappa shape index (κ1) is 28.5. The molecular formula is C30H21Cl3N2O6. The number of hydrogen-bond donors (Lipinski definition) is 0. The molecule has 0 unspecified atom stereocenters. The van der Waals surface area contributed by atoms with Gasteiger partial charge in [-0.1, -0.05) is 59.1 Å². The molecule has 3 amide bonds. The number of amides is 3. The van der Waals surface area contributed by atoms with Crippen molar-refractivity contribution in [2.45, 2.75) is 12.8 Å². The molecule has 2 atom stereocenters. The van der Waals surface area contributed by atoms with Gasteiger partial charge in [0.25, 0.3) is 17.7 Å². The molecular weight excluding hydrogens is 591 g/mol. The Kier molecular flexibility index (Phi) is 8.26. The predicted molar refractivity (Wildman–Crippen MR) is 152 cm³/mol. The number of benzene rings is 3. The molecule has 3 aromatic rings. The minimum absolute atomic E-state index is 0.0404. The molecule has 0 bridgehead atoms. The van der Waals surface area contributed by atoms with Crippen LogP contribution < -0.4 is 4.74 Å². The van der Waals surface area contributed by atoms with E-state index in [0.717, 1.165) is 10.0 Å². The van der Waals surface area contributed by atoms with E-state index in [9.17, 15) is 24.0 Å². The van der Waals surface area contributed by atoms with Crippen LogP contribution in [-0.4, -0.2) is 46.0 Å². The summed E-state index contributed by atoms with van der Waals surface area (Å²) in [5, 5.41) is 2.25. The molecule has 1 aliphatic carbocycles. The maximum absolute atomic E-state index is 13.6. The summed E-state index contributed by atoms with van der Waals surface area (Å²) in [7, 11) is 0. The van der Waals surface area contributed by atoms with E-state index in [2.05, 4.69) is 0 Å². The van der Waals surface area contributed by atoms with Gasteiger partial charge in [-0.3, -0.25) is 19.2 Å². The summed E-state index contributed by atoms with van der Waals surface area (Å²) in [5.41, 5.74) is 0.309. The van der Waals surface area contributed by atoms with Crippen molar-refractivity contribution in [3.8, 4) is 5.75 Å². The molecule has 0 spiro atoms. The molecule has 5 rings (SSSR count). The Balaban J connectivity index is 1.38. The van der Waals surface area contributed by atoms with Crippen molar-refractivity contribution in [1.82, 2.24) is 10.0 Å². The van der Waals surface area contributed by atoms with E-state index in [-0.39, 0.29) is 32.5 Å². The molecule has 11 heteroatoms. The Labute approximate surface area is 250 Å². The summed E-state index contributed by atoms with van der Waals surface area (Å²) in [5.74, 6) is -4.19. The van der Waals surface area contributed by atoms with Crippen molar-refractivity contribution in [2.75, 3.05) is 6.54 Å². The van der Waals surface area contributed by atoms with Gasteiger partial charge in [-0.2, -0.15) is 5.01 Å². The molecule has 0 radical (unpaired) electrons. The van der Waals surface area contributed by atoms with Crippen molar-refractivity contribution in [2.24, 2.45) is 11.8 Å². The van der Waals surface area contributed by atoms with E-state index < -0.39 is 47.9 Å². The number of rotatable bonds is 7. The van der Waals surface area contributed by atoms with Crippen LogP contribution in [0.15, 0.2) is 78.9 Å². The highest BCUT2D eigenvalue weighted by Gasteiger charge is 2.51. The van der Waals surface area contributed by atoms with Crippen LogP contribution in [0.25, 0.3) is 0 Å². The van der Waals surface area contributed by atoms with Crippen LogP contribution in [0, 0.1) is 11.8 Å². The summed E-state index contributed by atoms with van der Waals surface area (Å²) in [4.78, 5) is 66.1. The molecule has 1 saturated heterocycles. The zero-order valence-corrected chi connectivity index (χ0v) is 23.5. The molecule has 1 aliphatic heterocycles. The number of carbonyl (C=O) groups excluding carboxylic acids is 5. The van der Waals surface area contributed by atoms with E-state index in [1.165, 1.54) is 54.6 Å². The van der Waals surface area contributed by atoms with Crippen LogP contribution in [0.3, 0.4) is 0 Å². The second-order valence-electron chi connectivity index (χ2n) is 9.45. The molecule has 2 aliphatic rings. The van der Waals surface area contributed by atoms with E-state index in [0.29, 0.717) is 17.9 Å². The normalized spacial score (nSPS) is 17.8. The van der Waals surface area contributed by atoms with E-state index in [1.54, 1.807) is 12.1 Å². The highest BCUT2D eigenvalue weighted by Crippen LogP contribution is 2.36. The Morgan fingerprint density at radius 2 is 1.44 bits per heavy atom. The van der Waals surface area contributed by atoms with Gasteiger partial charge in [0.15, 0.2) is 5.78 Å². The first-order valence-electron chi connectivity index (χ1n) is 12.6. The summed E-state index contributed by atoms with van der Waals surface area (Å²) >= 11 is 18.2. The topological polar surface area (TPSA) is 101 Å². The SMILES string of the molecule is O=C(CN(C(=O)c1ccccc1Cl)N1C(=O)[C@H]2CC=CC[C@H]2C1=O)c1ccc(OC(=O)c2ccc(Cl)cc2Cl)cc1. The van der Waals surface area contributed by atoms with Crippen LogP contribution in [0.5, 0.6) is 5.75 Å². The summed E-state index contributed by atoms with van der Waals surface area (Å²) in [6, 6.07) is 16.2. The Bertz CT molecular complexity index is 1580. The number of halogens is 3. The van der Waals surface area contributed by atoms with Crippen molar-refractivity contribution < 1.29 is 28.7 Å². The van der Waals surface area contributed by atoms with Crippen molar-refractivity contribution >= 4 is 64.3 Å². The summed E-state index contributed by atoms with van der Waals surface area (Å²) in [6.07, 6.45) is 4.40. The standard InChI is InChI=1S/C30H21Cl3N2O6/c31-18-11-14-23(25(33)15-18)30(40)41-19-12-9-17(10-13-19)26(36)16-34(27(37)22-7-3-4-8-24(22)32)35-28(38)20-5-1-2-6-21(20)29(35)39/h1-4,7-15,20-21H,5-6,16H2/t20-,21+. The number of carbonyl (C=O) groups is 5. The number of allylic oxidation sites excluding steroid dienone is 2. The zero-order valence-electron chi connectivity index (χ0n) is 21.3. The Hall–Kier alpha value is -3.98. The minimum atomic E-state index is -0.761. The van der Waals surface area contributed by atoms with E-state index in [4.69, 9.17) is 39.5 Å². The van der Waals surface area contributed by atoms with E-state index >= 15 is 0 Å². The number of ether oxygens (including phenoxy) is 1. The van der Waals surface area contributed by atoms with Crippen molar-refractivity contribution in [3.05, 3.63) is 111 Å². The molecule has 1 fully saturated rings. The van der Waals surface area contributed by atoms with Gasteiger partial charge in [-0.05, 0) is 67.4 Å². The molecule has 0 aromatic heterocycles. The Morgan fingerprint density at radius 1 is 0.805 bits per heavy atom. The van der Waals surface area contributed by atoms with Gasteiger partial charge in [0.1, 0.15) is 12.3 Å². The maximum atomic E-state index is 13.6. The third kappa shape index (κ3) is 5.77. The number of nitrogens with zero attached hydrogens (tertiary/aromatic N) is 2. The fraction of sp³-hybridized carbons (Fsp3) is 0.167. The van der Waals surface area contributed by atoms with Gasteiger partial charge in [-0.15, -0.1) is 0 Å².